The van der Waals surface area contributed by atoms with E-state index in [2.05, 4.69) is 0 Å². The Balaban J connectivity index is 0. The molecule has 0 aromatic heterocycles. The van der Waals surface area contributed by atoms with Crippen LogP contribution in [0.2, 0.25) is 0 Å². The normalized spacial score (nSPS) is 0. The molecule has 0 saturated carbocycles. The molecule has 0 N–H and O–H groups in total. The van der Waals surface area contributed by atoms with Crippen molar-refractivity contribution in [3.8, 4) is 0 Å². The fraction of sp³-hybridized carbons (Fsp3) is 0. The first-order valence-electron chi connectivity index (χ1n) is 0. The molecule has 0 amide bonds. The summed E-state index contributed by atoms with van der Waals surface area (Å²) in [6.07, 6.45) is 0. The van der Waals surface area contributed by atoms with Gasteiger partial charge in [0, 0.05) is 0 Å². The number of hydrogen-bond acceptors (Lipinski definition) is 0. The summed E-state index contributed by atoms with van der Waals surface area (Å²) in [6.45, 7) is 0. The van der Waals surface area contributed by atoms with Gasteiger partial charge in [-0.15, -0.1) is 0 Å². The molecule has 0 aromatic carbocycles. The second kappa shape index (κ2) is 18.5. The van der Waals surface area contributed by atoms with Crippen molar-refractivity contribution in [3.63, 3.8) is 0 Å². The average Bonchev–Trinajstić information content (AvgIpc) is 0. The van der Waals surface area contributed by atoms with E-state index < -0.39 is 0 Å². The average molecular weight is 139 g/mol. The second-order valence-corrected chi connectivity index (χ2v) is 0. The summed E-state index contributed by atoms with van der Waals surface area (Å²) in [7, 11) is 0. The van der Waals surface area contributed by atoms with Gasteiger partial charge in [-0.3, -0.25) is 0 Å². The number of rotatable bonds is 0. The van der Waals surface area contributed by atoms with Crippen LogP contribution in [0.5, 0.6) is 0 Å². The van der Waals surface area contributed by atoms with Gasteiger partial charge in [0.2, 0.25) is 0 Å². The fourth-order valence-electron chi connectivity index (χ4n) is 0. The summed E-state index contributed by atoms with van der Waals surface area (Å²) in [6, 6.07) is 0. The maximum Gasteiger partial charge on any atom is 5.00 e. The van der Waals surface area contributed by atoms with Crippen LogP contribution in [-0.4, -0.2) is 0 Å². The summed E-state index contributed by atoms with van der Waals surface area (Å²) in [5, 5.41) is 0. The van der Waals surface area contributed by atoms with Gasteiger partial charge in [0.05, 0.1) is 0 Å². The molecule has 1 nitrogen and oxygen atoms in total. The van der Waals surface area contributed by atoms with Gasteiger partial charge in [-0.25, -0.2) is 0 Å². The first-order valence-corrected chi connectivity index (χ1v) is 0. The quantitative estimate of drug-likeness (QED) is 0.299. The Morgan fingerprint density at radius 2 is 1.00 bits per heavy atom. The monoisotopic (exact) mass is 139 g/mol. The molecule has 0 fully saturated rings. The van der Waals surface area contributed by atoms with Crippen molar-refractivity contribution < 1.29 is 76.3 Å². The van der Waals surface area contributed by atoms with Crippen molar-refractivity contribution in [1.82, 2.24) is 0 Å². The summed E-state index contributed by atoms with van der Waals surface area (Å²) in [4.78, 5) is 0. The third kappa shape index (κ3) is 8.85. The molecule has 0 aromatic rings. The molecule has 0 aliphatic rings. The van der Waals surface area contributed by atoms with Crippen molar-refractivity contribution in [1.29, 1.82) is 0 Å². The van der Waals surface area contributed by atoms with Crippen LogP contribution < -0.4 is 48.4 Å². The molecule has 4 heteroatoms. The van der Waals surface area contributed by atoms with E-state index in [0.717, 1.165) is 0 Å². The molecule has 0 unspecified atom stereocenters. The van der Waals surface area contributed by atoms with Gasteiger partial charge in [-0.05, 0) is 0 Å². The molecule has 0 aliphatic heterocycles. The zero-order valence-corrected chi connectivity index (χ0v) is 7.05. The third-order valence-corrected chi connectivity index (χ3v) is 0. The first kappa shape index (κ1) is 33.5. The Labute approximate surface area is 75.2 Å². The Morgan fingerprint density at radius 3 is 1.00 bits per heavy atom. The van der Waals surface area contributed by atoms with Gasteiger partial charge in [-0.2, -0.15) is 0 Å². The van der Waals surface area contributed by atoms with E-state index >= 15 is 0 Å². The fourth-order valence-corrected chi connectivity index (χ4v) is 0. The van der Waals surface area contributed by atoms with Crippen molar-refractivity contribution in [2.45, 2.75) is 0 Å². The zero-order chi connectivity index (χ0) is 0. The molecule has 0 bridgehead atoms. The summed E-state index contributed by atoms with van der Waals surface area (Å²) >= 11 is 0. The van der Waals surface area contributed by atoms with Crippen LogP contribution in [-0.2, 0) is 27.9 Å². The smallest absolute Gasteiger partial charge is 2.00 e. The Morgan fingerprint density at radius 1 is 1.00 bits per heavy atom. The maximum atomic E-state index is 0. The zero-order valence-electron chi connectivity index (χ0n) is 2.86. The molecule has 4 heavy (non-hydrogen) atoms. The summed E-state index contributed by atoms with van der Waals surface area (Å²) in [5.41, 5.74) is 0. The van der Waals surface area contributed by atoms with Crippen LogP contribution in [0.3, 0.4) is 0 Å². The predicted molar refractivity (Wildman–Crippen MR) is 0.686 cm³/mol. The minimum atomic E-state index is 0. The molecule has 0 radical (unpaired) electrons. The molecule has 0 rings (SSSR count). The van der Waals surface area contributed by atoms with Gasteiger partial charge in [0.1, 0.15) is 0 Å². The van der Waals surface area contributed by atoms with E-state index in [4.69, 9.17) is 0 Å². The van der Waals surface area contributed by atoms with Crippen LogP contribution in [0.25, 0.3) is 0 Å². The Bertz CT molecular complexity index is 8.00. The van der Waals surface area contributed by atoms with E-state index in [1.165, 1.54) is 0 Å². The number of hydrogen-bond donors (Lipinski definition) is 0. The van der Waals surface area contributed by atoms with Gasteiger partial charge in [0.15, 0.2) is 0 Å². The molecule has 0 heterocycles. The molecule has 0 saturated heterocycles. The van der Waals surface area contributed by atoms with Crippen molar-refractivity contribution in [3.05, 3.63) is 0 Å². The van der Waals surface area contributed by atoms with Crippen molar-refractivity contribution in [2.75, 3.05) is 0 Å². The van der Waals surface area contributed by atoms with Crippen LogP contribution in [0.1, 0.15) is 0 Å². The van der Waals surface area contributed by atoms with E-state index in [9.17, 15) is 0 Å². The van der Waals surface area contributed by atoms with Crippen LogP contribution >= 0.6 is 0 Å². The van der Waals surface area contributed by atoms with E-state index in [0.29, 0.717) is 0 Å². The van der Waals surface area contributed by atoms with Gasteiger partial charge in [0.25, 0.3) is 0 Å². The molecule has 0 spiro atoms. The topological polar surface area (TPSA) is 28.5 Å². The Hall–Kier alpha value is 2.30. The predicted octanol–water partition coefficient (Wildman–Crippen LogP) is -6.11. The minimum absolute atomic E-state index is 0. The van der Waals surface area contributed by atoms with Gasteiger partial charge < -0.3 is 5.48 Å². The summed E-state index contributed by atoms with van der Waals surface area (Å²) < 4.78 is 0. The SMILES string of the molecule is [Li+].[Na+].[Nb+5].[O-2]. The molecular weight excluding hydrogens is 139 g/mol. The van der Waals surface area contributed by atoms with E-state index in [1.807, 2.05) is 0 Å². The van der Waals surface area contributed by atoms with Crippen LogP contribution in [0.4, 0.5) is 0 Å². The van der Waals surface area contributed by atoms with E-state index in [1.54, 1.807) is 0 Å². The summed E-state index contributed by atoms with van der Waals surface area (Å²) in [5.74, 6) is 0. The van der Waals surface area contributed by atoms with E-state index in [-0.39, 0.29) is 76.3 Å². The third-order valence-electron chi connectivity index (χ3n) is 0. The van der Waals surface area contributed by atoms with Crippen molar-refractivity contribution in [2.24, 2.45) is 0 Å². The molecule has 0 atom stereocenters. The maximum absolute atomic E-state index is 0. The molecular formula is LiNaNbO+5. The van der Waals surface area contributed by atoms with Crippen molar-refractivity contribution >= 4 is 0 Å². The minimum Gasteiger partial charge on any atom is -2.00 e. The van der Waals surface area contributed by atoms with Crippen LogP contribution in [0.15, 0.2) is 0 Å². The van der Waals surface area contributed by atoms with Gasteiger partial charge >= 0.3 is 70.8 Å². The Kier molecular flexibility index (Phi) is 155. The van der Waals surface area contributed by atoms with Crippen LogP contribution in [0, 0.1) is 0 Å². The first-order chi connectivity index (χ1) is 0. The molecule has 8 valence electrons. The molecule has 0 aliphatic carbocycles. The second-order valence-electron chi connectivity index (χ2n) is 0. The largest absolute Gasteiger partial charge is 5.00 e. The standard InChI is InChI=1S/Li.Na.Nb.O/q2*+1;+5;-2. The van der Waals surface area contributed by atoms with Gasteiger partial charge in [-0.1, -0.05) is 0 Å².